The summed E-state index contributed by atoms with van der Waals surface area (Å²) < 4.78 is 4.11. The third-order valence-corrected chi connectivity index (χ3v) is 5.22. The zero-order valence-electron chi connectivity index (χ0n) is 16.6. The molecule has 29 heavy (non-hydrogen) atoms. The Balaban J connectivity index is 1.68. The van der Waals surface area contributed by atoms with Crippen molar-refractivity contribution in [2.24, 2.45) is 5.10 Å². The normalized spacial score (nSPS) is 11.4. The molecule has 4 aromatic rings. The van der Waals surface area contributed by atoms with Gasteiger partial charge in [-0.25, -0.2) is 5.10 Å². The van der Waals surface area contributed by atoms with Crippen molar-refractivity contribution in [3.05, 3.63) is 87.4 Å². The van der Waals surface area contributed by atoms with Crippen LogP contribution in [0.5, 0.6) is 0 Å². The maximum Gasteiger partial charge on any atom is 0.216 e. The monoisotopic (exact) mass is 402 g/mol. The van der Waals surface area contributed by atoms with Gasteiger partial charge in [0.15, 0.2) is 5.82 Å². The van der Waals surface area contributed by atoms with E-state index in [4.69, 9.17) is 12.2 Å². The Bertz CT molecular complexity index is 1230. The van der Waals surface area contributed by atoms with E-state index >= 15 is 0 Å². The smallest absolute Gasteiger partial charge is 0.216 e. The molecule has 2 aromatic heterocycles. The van der Waals surface area contributed by atoms with Gasteiger partial charge in [0.25, 0.3) is 0 Å². The Morgan fingerprint density at radius 2 is 1.76 bits per heavy atom. The summed E-state index contributed by atoms with van der Waals surface area (Å²) in [5.74, 6) is 0.691. The Hall–Kier alpha value is -3.32. The Morgan fingerprint density at radius 1 is 1.03 bits per heavy atom. The fraction of sp³-hybridized carbons (Fsp3) is 0.182. The van der Waals surface area contributed by atoms with Crippen LogP contribution < -0.4 is 0 Å². The number of nitrogens with zero attached hydrogens (tertiary/aromatic N) is 5. The second kappa shape index (κ2) is 7.97. The molecule has 0 aliphatic rings. The summed E-state index contributed by atoms with van der Waals surface area (Å²) in [4.78, 5) is 0. The average molecular weight is 403 g/mol. The minimum Gasteiger partial charge on any atom is -0.265 e. The molecule has 0 bridgehead atoms. The van der Waals surface area contributed by atoms with Gasteiger partial charge in [-0.05, 0) is 44.1 Å². The number of nitrogens with one attached hydrogen (secondary N) is 1. The fourth-order valence-corrected chi connectivity index (χ4v) is 3.50. The van der Waals surface area contributed by atoms with Crippen molar-refractivity contribution >= 4 is 18.4 Å². The lowest BCUT2D eigenvalue weighted by atomic mass is 10.1. The predicted molar refractivity (Wildman–Crippen MR) is 118 cm³/mol. The molecule has 146 valence electrons. The third kappa shape index (κ3) is 3.82. The topological polar surface area (TPSA) is 63.8 Å². The highest BCUT2D eigenvalue weighted by Gasteiger charge is 2.13. The molecule has 7 heteroatoms. The van der Waals surface area contributed by atoms with Crippen LogP contribution in [0, 0.1) is 25.5 Å². The lowest BCUT2D eigenvalue weighted by Crippen LogP contribution is -2.04. The predicted octanol–water partition coefficient (Wildman–Crippen LogP) is 4.66. The van der Waals surface area contributed by atoms with E-state index in [0.717, 1.165) is 34.6 Å². The van der Waals surface area contributed by atoms with Gasteiger partial charge in [-0.3, -0.25) is 4.68 Å². The van der Waals surface area contributed by atoms with Crippen LogP contribution in [0.1, 0.15) is 28.1 Å². The fourth-order valence-electron chi connectivity index (χ4n) is 3.32. The molecule has 0 aliphatic heterocycles. The Kier molecular flexibility index (Phi) is 5.22. The maximum absolute atomic E-state index is 5.40. The van der Waals surface area contributed by atoms with E-state index in [9.17, 15) is 0 Å². The molecule has 4 rings (SSSR count). The number of hydrogen-bond donors (Lipinski definition) is 1. The molecule has 0 unspecified atom stereocenters. The third-order valence-electron chi connectivity index (χ3n) is 4.95. The number of aromatic amines is 1. The standard InChI is InChI=1S/C22H22N6S/c1-15-9-7-8-12-19(15)21-24-25-22(29)28(21)23-13-20-16(2)26-27(17(20)3)14-18-10-5-4-6-11-18/h4-13H,14H2,1-3H3,(H,25,29). The molecule has 0 aliphatic carbocycles. The lowest BCUT2D eigenvalue weighted by Gasteiger charge is -2.05. The molecule has 0 spiro atoms. The van der Waals surface area contributed by atoms with Crippen LogP contribution in [0.25, 0.3) is 11.4 Å². The minimum atomic E-state index is 0.450. The molecule has 0 amide bonds. The molecule has 0 fully saturated rings. The van der Waals surface area contributed by atoms with Gasteiger partial charge in [0.2, 0.25) is 4.77 Å². The van der Waals surface area contributed by atoms with Gasteiger partial charge < -0.3 is 0 Å². The van der Waals surface area contributed by atoms with Crippen LogP contribution in [0.2, 0.25) is 0 Å². The van der Waals surface area contributed by atoms with Crippen molar-refractivity contribution in [1.82, 2.24) is 24.7 Å². The second-order valence-corrected chi connectivity index (χ2v) is 7.34. The van der Waals surface area contributed by atoms with Crippen molar-refractivity contribution in [3.8, 4) is 11.4 Å². The molecule has 2 heterocycles. The van der Waals surface area contributed by atoms with E-state index in [1.807, 2.05) is 67.2 Å². The number of aromatic nitrogens is 5. The number of H-pyrrole nitrogens is 1. The first kappa shape index (κ1) is 19.0. The largest absolute Gasteiger partial charge is 0.265 e. The molecular formula is C22H22N6S. The van der Waals surface area contributed by atoms with Crippen molar-refractivity contribution in [1.29, 1.82) is 0 Å². The Labute approximate surface area is 174 Å². The van der Waals surface area contributed by atoms with Gasteiger partial charge in [0, 0.05) is 16.8 Å². The summed E-state index contributed by atoms with van der Waals surface area (Å²) >= 11 is 5.40. The summed E-state index contributed by atoms with van der Waals surface area (Å²) in [5, 5.41) is 16.5. The van der Waals surface area contributed by atoms with Gasteiger partial charge in [0.05, 0.1) is 18.5 Å². The quantitative estimate of drug-likeness (QED) is 0.390. The molecule has 0 atom stereocenters. The molecule has 0 saturated carbocycles. The van der Waals surface area contributed by atoms with Gasteiger partial charge >= 0.3 is 0 Å². The van der Waals surface area contributed by atoms with E-state index in [-0.39, 0.29) is 0 Å². The first-order valence-corrected chi connectivity index (χ1v) is 9.81. The molecule has 1 N–H and O–H groups in total. The average Bonchev–Trinajstić information content (AvgIpc) is 3.21. The van der Waals surface area contributed by atoms with Crippen molar-refractivity contribution < 1.29 is 0 Å². The van der Waals surface area contributed by atoms with Crippen LogP contribution >= 0.6 is 12.2 Å². The number of aryl methyl sites for hydroxylation is 2. The SMILES string of the molecule is Cc1ccccc1-c1n[nH]c(=S)n1N=Cc1c(C)nn(Cc2ccccc2)c1C. The first-order chi connectivity index (χ1) is 14.0. The summed E-state index contributed by atoms with van der Waals surface area (Å²) in [7, 11) is 0. The molecular weight excluding hydrogens is 380 g/mol. The lowest BCUT2D eigenvalue weighted by molar-refractivity contribution is 0.659. The van der Waals surface area contributed by atoms with Gasteiger partial charge in [-0.2, -0.15) is 20.0 Å². The summed E-state index contributed by atoms with van der Waals surface area (Å²) in [6, 6.07) is 18.3. The number of benzene rings is 2. The number of hydrogen-bond acceptors (Lipinski definition) is 4. The molecule has 0 radical (unpaired) electrons. The van der Waals surface area contributed by atoms with Gasteiger partial charge in [-0.1, -0.05) is 54.6 Å². The highest BCUT2D eigenvalue weighted by molar-refractivity contribution is 7.71. The highest BCUT2D eigenvalue weighted by Crippen LogP contribution is 2.21. The van der Waals surface area contributed by atoms with Gasteiger partial charge in [0.1, 0.15) is 0 Å². The van der Waals surface area contributed by atoms with Crippen LogP contribution in [0.15, 0.2) is 59.7 Å². The summed E-state index contributed by atoms with van der Waals surface area (Å²) in [6.07, 6.45) is 1.81. The number of rotatable bonds is 5. The summed E-state index contributed by atoms with van der Waals surface area (Å²) in [5.41, 5.74) is 6.28. The van der Waals surface area contributed by atoms with E-state index in [1.54, 1.807) is 4.68 Å². The van der Waals surface area contributed by atoms with E-state index in [1.165, 1.54) is 5.56 Å². The molecule has 6 nitrogen and oxygen atoms in total. The van der Waals surface area contributed by atoms with Crippen molar-refractivity contribution in [3.63, 3.8) is 0 Å². The zero-order chi connectivity index (χ0) is 20.4. The van der Waals surface area contributed by atoms with Gasteiger partial charge in [-0.15, -0.1) is 0 Å². The van der Waals surface area contributed by atoms with Crippen LogP contribution in [0.3, 0.4) is 0 Å². The van der Waals surface area contributed by atoms with E-state index in [0.29, 0.717) is 10.6 Å². The molecule has 2 aromatic carbocycles. The van der Waals surface area contributed by atoms with E-state index < -0.39 is 0 Å². The Morgan fingerprint density at radius 3 is 2.52 bits per heavy atom. The zero-order valence-corrected chi connectivity index (χ0v) is 17.4. The first-order valence-electron chi connectivity index (χ1n) is 9.40. The van der Waals surface area contributed by atoms with Crippen LogP contribution in [0.4, 0.5) is 0 Å². The summed E-state index contributed by atoms with van der Waals surface area (Å²) in [6.45, 7) is 6.82. The minimum absolute atomic E-state index is 0.450. The molecule has 0 saturated heterocycles. The van der Waals surface area contributed by atoms with Crippen molar-refractivity contribution in [2.75, 3.05) is 0 Å². The van der Waals surface area contributed by atoms with Crippen molar-refractivity contribution in [2.45, 2.75) is 27.3 Å². The van der Waals surface area contributed by atoms with Crippen LogP contribution in [-0.2, 0) is 6.54 Å². The maximum atomic E-state index is 5.40. The van der Waals surface area contributed by atoms with Crippen LogP contribution in [-0.4, -0.2) is 30.9 Å². The second-order valence-electron chi connectivity index (χ2n) is 6.95. The van der Waals surface area contributed by atoms with E-state index in [2.05, 4.69) is 39.5 Å². The highest BCUT2D eigenvalue weighted by atomic mass is 32.1.